The standard InChI is InChI=1S/C20H23NO/c1-3-8-17(9-4-1)16-22-15-14-19-12-7-13-20(21-19)18-10-5-2-6-11-18/h1-11,13,19-21H,12,14-16H2/t19-,20+/m0/s1. The van der Waals surface area contributed by atoms with Crippen LogP contribution in [0.2, 0.25) is 0 Å². The van der Waals surface area contributed by atoms with Gasteiger partial charge in [0.15, 0.2) is 0 Å². The molecule has 0 radical (unpaired) electrons. The number of nitrogens with one attached hydrogen (secondary N) is 1. The summed E-state index contributed by atoms with van der Waals surface area (Å²) in [5.74, 6) is 0. The van der Waals surface area contributed by atoms with Gasteiger partial charge in [-0.2, -0.15) is 0 Å². The molecule has 2 aromatic rings. The fourth-order valence-corrected chi connectivity index (χ4v) is 2.82. The van der Waals surface area contributed by atoms with E-state index in [1.54, 1.807) is 0 Å². The molecule has 2 atom stereocenters. The Labute approximate surface area is 132 Å². The van der Waals surface area contributed by atoms with Crippen LogP contribution in [0.3, 0.4) is 0 Å². The summed E-state index contributed by atoms with van der Waals surface area (Å²) in [6.07, 6.45) is 6.67. The van der Waals surface area contributed by atoms with Crippen LogP contribution in [-0.4, -0.2) is 12.6 Å². The van der Waals surface area contributed by atoms with Gasteiger partial charge in [-0.1, -0.05) is 72.8 Å². The van der Waals surface area contributed by atoms with Crippen LogP contribution < -0.4 is 5.32 Å². The lowest BCUT2D eigenvalue weighted by Crippen LogP contribution is -2.35. The molecule has 0 fully saturated rings. The van der Waals surface area contributed by atoms with Crippen LogP contribution in [0.15, 0.2) is 72.8 Å². The third kappa shape index (κ3) is 4.30. The van der Waals surface area contributed by atoms with Gasteiger partial charge in [0.2, 0.25) is 0 Å². The summed E-state index contributed by atoms with van der Waals surface area (Å²) in [6, 6.07) is 21.8. The van der Waals surface area contributed by atoms with Crippen LogP contribution in [-0.2, 0) is 11.3 Å². The molecule has 0 bridgehead atoms. The van der Waals surface area contributed by atoms with Gasteiger partial charge < -0.3 is 10.1 Å². The van der Waals surface area contributed by atoms with E-state index in [1.807, 2.05) is 6.07 Å². The van der Waals surface area contributed by atoms with E-state index < -0.39 is 0 Å². The highest BCUT2D eigenvalue weighted by molar-refractivity contribution is 5.24. The molecule has 114 valence electrons. The number of ether oxygens (including phenoxy) is 1. The zero-order valence-corrected chi connectivity index (χ0v) is 12.8. The Bertz CT molecular complexity index is 579. The topological polar surface area (TPSA) is 21.3 Å². The Kier molecular flexibility index (Phi) is 5.41. The highest BCUT2D eigenvalue weighted by Crippen LogP contribution is 2.21. The smallest absolute Gasteiger partial charge is 0.0716 e. The summed E-state index contributed by atoms with van der Waals surface area (Å²) in [6.45, 7) is 1.49. The van der Waals surface area contributed by atoms with Crippen molar-refractivity contribution < 1.29 is 4.74 Å². The minimum atomic E-state index is 0.328. The van der Waals surface area contributed by atoms with Gasteiger partial charge in [-0.05, 0) is 24.0 Å². The molecule has 2 nitrogen and oxygen atoms in total. The molecule has 0 saturated heterocycles. The summed E-state index contributed by atoms with van der Waals surface area (Å²) >= 11 is 0. The molecular weight excluding hydrogens is 270 g/mol. The molecule has 1 heterocycles. The van der Waals surface area contributed by atoms with Gasteiger partial charge in [-0.15, -0.1) is 0 Å². The van der Waals surface area contributed by atoms with E-state index in [0.717, 1.165) is 19.4 Å². The molecule has 2 heteroatoms. The zero-order valence-electron chi connectivity index (χ0n) is 12.8. The first-order valence-electron chi connectivity index (χ1n) is 8.01. The van der Waals surface area contributed by atoms with Crippen molar-refractivity contribution in [2.24, 2.45) is 0 Å². The maximum atomic E-state index is 5.80. The Hall–Kier alpha value is -1.90. The SMILES string of the molecule is C1=C[C@H](c2ccccc2)N[C@H](CCOCc2ccccc2)C1. The number of rotatable bonds is 6. The lowest BCUT2D eigenvalue weighted by molar-refractivity contribution is 0.110. The van der Waals surface area contributed by atoms with Crippen LogP contribution in [0.25, 0.3) is 0 Å². The van der Waals surface area contributed by atoms with E-state index in [-0.39, 0.29) is 0 Å². The van der Waals surface area contributed by atoms with E-state index in [9.17, 15) is 0 Å². The van der Waals surface area contributed by atoms with Crippen LogP contribution in [0, 0.1) is 0 Å². The minimum Gasteiger partial charge on any atom is -0.377 e. The molecule has 1 aliphatic rings. The first-order chi connectivity index (χ1) is 10.9. The third-order valence-corrected chi connectivity index (χ3v) is 4.05. The summed E-state index contributed by atoms with van der Waals surface area (Å²) in [7, 11) is 0. The van der Waals surface area contributed by atoms with Crippen molar-refractivity contribution in [3.8, 4) is 0 Å². The normalized spacial score (nSPS) is 20.9. The molecular formula is C20H23NO. The monoisotopic (exact) mass is 293 g/mol. The highest BCUT2D eigenvalue weighted by atomic mass is 16.5. The zero-order chi connectivity index (χ0) is 15.0. The Balaban J connectivity index is 1.43. The summed E-state index contributed by atoms with van der Waals surface area (Å²) in [5, 5.41) is 3.70. The minimum absolute atomic E-state index is 0.328. The Morgan fingerprint density at radius 2 is 1.68 bits per heavy atom. The van der Waals surface area contributed by atoms with E-state index in [0.29, 0.717) is 18.7 Å². The Morgan fingerprint density at radius 3 is 2.45 bits per heavy atom. The van der Waals surface area contributed by atoms with Crippen molar-refractivity contribution in [3.05, 3.63) is 83.9 Å². The van der Waals surface area contributed by atoms with Gasteiger partial charge in [-0.25, -0.2) is 0 Å². The summed E-state index contributed by atoms with van der Waals surface area (Å²) in [4.78, 5) is 0. The number of hydrogen-bond acceptors (Lipinski definition) is 2. The maximum absolute atomic E-state index is 5.80. The molecule has 0 unspecified atom stereocenters. The van der Waals surface area contributed by atoms with Crippen LogP contribution in [0.5, 0.6) is 0 Å². The average Bonchev–Trinajstić information content (AvgIpc) is 2.61. The fraction of sp³-hybridized carbons (Fsp3) is 0.300. The van der Waals surface area contributed by atoms with Gasteiger partial charge in [0, 0.05) is 12.6 Å². The van der Waals surface area contributed by atoms with Gasteiger partial charge >= 0.3 is 0 Å². The van der Waals surface area contributed by atoms with Crippen molar-refractivity contribution in [1.29, 1.82) is 0 Å². The van der Waals surface area contributed by atoms with Gasteiger partial charge in [0.05, 0.1) is 12.6 Å². The molecule has 22 heavy (non-hydrogen) atoms. The first-order valence-corrected chi connectivity index (χ1v) is 8.01. The molecule has 1 aliphatic heterocycles. The van der Waals surface area contributed by atoms with E-state index in [2.05, 4.69) is 72.1 Å². The highest BCUT2D eigenvalue weighted by Gasteiger charge is 2.17. The second-order valence-electron chi connectivity index (χ2n) is 5.74. The van der Waals surface area contributed by atoms with Crippen LogP contribution in [0.4, 0.5) is 0 Å². The lowest BCUT2D eigenvalue weighted by atomic mass is 9.98. The van der Waals surface area contributed by atoms with Crippen molar-refractivity contribution in [1.82, 2.24) is 5.32 Å². The molecule has 0 spiro atoms. The molecule has 0 saturated carbocycles. The predicted octanol–water partition coefficient (Wildman–Crippen LogP) is 4.25. The molecule has 0 amide bonds. The van der Waals surface area contributed by atoms with E-state index >= 15 is 0 Å². The predicted molar refractivity (Wildman–Crippen MR) is 90.6 cm³/mol. The second-order valence-corrected chi connectivity index (χ2v) is 5.74. The van der Waals surface area contributed by atoms with Crippen molar-refractivity contribution in [3.63, 3.8) is 0 Å². The van der Waals surface area contributed by atoms with Crippen LogP contribution >= 0.6 is 0 Å². The van der Waals surface area contributed by atoms with Crippen molar-refractivity contribution in [2.75, 3.05) is 6.61 Å². The molecule has 0 aromatic heterocycles. The van der Waals surface area contributed by atoms with E-state index in [4.69, 9.17) is 4.74 Å². The van der Waals surface area contributed by atoms with Gasteiger partial charge in [-0.3, -0.25) is 0 Å². The van der Waals surface area contributed by atoms with Crippen molar-refractivity contribution in [2.45, 2.75) is 31.5 Å². The third-order valence-electron chi connectivity index (χ3n) is 4.05. The lowest BCUT2D eigenvalue weighted by Gasteiger charge is -2.27. The fourth-order valence-electron chi connectivity index (χ4n) is 2.82. The quantitative estimate of drug-likeness (QED) is 0.635. The molecule has 0 aliphatic carbocycles. The summed E-state index contributed by atoms with van der Waals surface area (Å²) in [5.41, 5.74) is 2.56. The second kappa shape index (κ2) is 7.92. The van der Waals surface area contributed by atoms with Gasteiger partial charge in [0.1, 0.15) is 0 Å². The first kappa shape index (κ1) is 15.0. The number of benzene rings is 2. The van der Waals surface area contributed by atoms with Crippen LogP contribution in [0.1, 0.15) is 30.0 Å². The maximum Gasteiger partial charge on any atom is 0.0716 e. The molecule has 1 N–H and O–H groups in total. The largest absolute Gasteiger partial charge is 0.377 e. The van der Waals surface area contributed by atoms with Crippen molar-refractivity contribution >= 4 is 0 Å². The average molecular weight is 293 g/mol. The molecule has 2 aromatic carbocycles. The van der Waals surface area contributed by atoms with Gasteiger partial charge in [0.25, 0.3) is 0 Å². The number of hydrogen-bond donors (Lipinski definition) is 1. The molecule has 3 rings (SSSR count). The summed E-state index contributed by atoms with van der Waals surface area (Å²) < 4.78 is 5.80. The van der Waals surface area contributed by atoms with E-state index in [1.165, 1.54) is 11.1 Å². The Morgan fingerprint density at radius 1 is 0.955 bits per heavy atom.